The van der Waals surface area contributed by atoms with Crippen LogP contribution in [0.1, 0.15) is 25.7 Å². The van der Waals surface area contributed by atoms with Crippen molar-refractivity contribution in [3.05, 3.63) is 12.7 Å². The van der Waals surface area contributed by atoms with Gasteiger partial charge in [-0.3, -0.25) is 0 Å². The molecule has 0 heterocycles. The lowest BCUT2D eigenvalue weighted by molar-refractivity contribution is 0.700. The van der Waals surface area contributed by atoms with Crippen LogP contribution in [0.4, 0.5) is 0 Å². The van der Waals surface area contributed by atoms with Crippen LogP contribution in [0.15, 0.2) is 12.7 Å². The van der Waals surface area contributed by atoms with Crippen molar-refractivity contribution < 1.29 is 0 Å². The van der Waals surface area contributed by atoms with Gasteiger partial charge in [0.25, 0.3) is 0 Å². The van der Waals surface area contributed by atoms with Gasteiger partial charge in [-0.05, 0) is 25.7 Å². The Balaban J connectivity index is 3.12. The molecule has 0 aromatic carbocycles. The van der Waals surface area contributed by atoms with Crippen molar-refractivity contribution in [2.24, 2.45) is 0 Å². The van der Waals surface area contributed by atoms with Crippen LogP contribution in [0.25, 0.3) is 0 Å². The molecule has 3 heteroatoms. The van der Waals surface area contributed by atoms with Gasteiger partial charge in [0, 0.05) is 0 Å². The lowest BCUT2D eigenvalue weighted by Crippen LogP contribution is -2.00. The van der Waals surface area contributed by atoms with Crippen LogP contribution in [-0.4, -0.2) is 3.79 Å². The van der Waals surface area contributed by atoms with Gasteiger partial charge in [0.2, 0.25) is 0 Å². The molecule has 0 saturated heterocycles. The lowest BCUT2D eigenvalue weighted by atomic mass is 10.2. The average molecular weight is 202 g/mol. The highest BCUT2D eigenvalue weighted by Gasteiger charge is 2.17. The van der Waals surface area contributed by atoms with E-state index < -0.39 is 3.79 Å². The molecule has 0 aliphatic rings. The van der Waals surface area contributed by atoms with Crippen molar-refractivity contribution in [3.63, 3.8) is 0 Å². The second kappa shape index (κ2) is 5.29. The van der Waals surface area contributed by atoms with E-state index in [-0.39, 0.29) is 0 Å². The smallest absolute Gasteiger partial charge is 0.103 e. The maximum Gasteiger partial charge on any atom is 0.190 e. The third-order valence-corrected chi connectivity index (χ3v) is 1.69. The second-order valence-corrected chi connectivity index (χ2v) is 4.67. The molecule has 0 aliphatic carbocycles. The van der Waals surface area contributed by atoms with E-state index in [0.29, 0.717) is 6.42 Å². The summed E-state index contributed by atoms with van der Waals surface area (Å²) >= 11 is 16.6. The van der Waals surface area contributed by atoms with Crippen molar-refractivity contribution in [1.82, 2.24) is 0 Å². The van der Waals surface area contributed by atoms with Gasteiger partial charge in [0.05, 0.1) is 0 Å². The number of alkyl halides is 3. The molecule has 0 amide bonds. The van der Waals surface area contributed by atoms with Crippen LogP contribution >= 0.6 is 34.8 Å². The molecule has 0 fully saturated rings. The first-order valence-corrected chi connectivity index (χ1v) is 4.37. The molecule has 0 saturated carbocycles. The summed E-state index contributed by atoms with van der Waals surface area (Å²) in [5, 5.41) is 0. The molecule has 0 atom stereocenters. The first-order chi connectivity index (χ1) is 4.56. The largest absolute Gasteiger partial charge is 0.190 e. The molecule has 10 heavy (non-hydrogen) atoms. The van der Waals surface area contributed by atoms with Gasteiger partial charge in [0.1, 0.15) is 0 Å². The maximum atomic E-state index is 5.52. The quantitative estimate of drug-likeness (QED) is 0.365. The number of unbranched alkanes of at least 4 members (excludes halogenated alkanes) is 2. The first kappa shape index (κ1) is 10.6. The maximum absolute atomic E-state index is 5.52. The minimum absolute atomic E-state index is 0.630. The summed E-state index contributed by atoms with van der Waals surface area (Å²) in [6.07, 6.45) is 5.50. The van der Waals surface area contributed by atoms with Crippen LogP contribution in [0, 0.1) is 0 Å². The highest BCUT2D eigenvalue weighted by molar-refractivity contribution is 6.67. The van der Waals surface area contributed by atoms with Crippen molar-refractivity contribution in [1.29, 1.82) is 0 Å². The molecule has 0 aliphatic heterocycles. The molecule has 0 spiro atoms. The van der Waals surface area contributed by atoms with Crippen molar-refractivity contribution in [2.75, 3.05) is 0 Å². The van der Waals surface area contributed by atoms with Crippen molar-refractivity contribution in [3.8, 4) is 0 Å². The molecule has 0 N–H and O–H groups in total. The third-order valence-electron chi connectivity index (χ3n) is 1.12. The Morgan fingerprint density at radius 3 is 2.20 bits per heavy atom. The molecular weight excluding hydrogens is 190 g/mol. The summed E-state index contributed by atoms with van der Waals surface area (Å²) in [6, 6.07) is 0. The Hall–Kier alpha value is 0.610. The Morgan fingerprint density at radius 2 is 1.80 bits per heavy atom. The fraction of sp³-hybridized carbons (Fsp3) is 0.714. The zero-order chi connectivity index (χ0) is 8.04. The minimum Gasteiger partial charge on any atom is -0.103 e. The summed E-state index contributed by atoms with van der Waals surface area (Å²) in [7, 11) is 0. The van der Waals surface area contributed by atoms with E-state index in [0.717, 1.165) is 19.3 Å². The molecule has 0 bridgehead atoms. The first-order valence-electron chi connectivity index (χ1n) is 3.24. The highest BCUT2D eigenvalue weighted by atomic mass is 35.6. The normalized spacial score (nSPS) is 11.5. The van der Waals surface area contributed by atoms with Crippen molar-refractivity contribution >= 4 is 34.8 Å². The zero-order valence-electron chi connectivity index (χ0n) is 5.75. The number of hydrogen-bond acceptors (Lipinski definition) is 0. The molecule has 0 unspecified atom stereocenters. The van der Waals surface area contributed by atoms with E-state index in [9.17, 15) is 0 Å². The number of halogens is 3. The van der Waals surface area contributed by atoms with E-state index in [1.165, 1.54) is 0 Å². The summed E-state index contributed by atoms with van der Waals surface area (Å²) in [6.45, 7) is 3.60. The molecule has 0 radical (unpaired) electrons. The predicted octanol–water partition coefficient (Wildman–Crippen LogP) is 4.10. The molecular formula is C7H11Cl3. The van der Waals surface area contributed by atoms with Crippen LogP contribution in [0.3, 0.4) is 0 Å². The number of hydrogen-bond donors (Lipinski definition) is 0. The second-order valence-electron chi connectivity index (χ2n) is 2.15. The summed E-state index contributed by atoms with van der Waals surface area (Å²) in [4.78, 5) is 0. The van der Waals surface area contributed by atoms with E-state index in [1.807, 2.05) is 6.08 Å². The standard InChI is InChI=1S/C7H11Cl3/c1-2-3-4-5-6-7(8,9)10/h2H,1,3-6H2. The van der Waals surface area contributed by atoms with Gasteiger partial charge < -0.3 is 0 Å². The van der Waals surface area contributed by atoms with Gasteiger partial charge in [-0.25, -0.2) is 0 Å². The summed E-state index contributed by atoms with van der Waals surface area (Å²) in [5.41, 5.74) is 0. The predicted molar refractivity (Wildman–Crippen MR) is 49.0 cm³/mol. The average Bonchev–Trinajstić information content (AvgIpc) is 1.78. The monoisotopic (exact) mass is 200 g/mol. The van der Waals surface area contributed by atoms with E-state index in [4.69, 9.17) is 34.8 Å². The van der Waals surface area contributed by atoms with Crippen LogP contribution in [0.5, 0.6) is 0 Å². The SMILES string of the molecule is C=CCCCCC(Cl)(Cl)Cl. The fourth-order valence-electron chi connectivity index (χ4n) is 0.614. The van der Waals surface area contributed by atoms with E-state index in [2.05, 4.69) is 6.58 Å². The number of rotatable bonds is 4. The van der Waals surface area contributed by atoms with Gasteiger partial charge in [-0.15, -0.1) is 6.58 Å². The Morgan fingerprint density at radius 1 is 1.20 bits per heavy atom. The van der Waals surface area contributed by atoms with Gasteiger partial charge in [-0.1, -0.05) is 40.9 Å². The third kappa shape index (κ3) is 8.61. The molecule has 0 aromatic heterocycles. The van der Waals surface area contributed by atoms with Crippen molar-refractivity contribution in [2.45, 2.75) is 29.5 Å². The fourth-order valence-corrected chi connectivity index (χ4v) is 1.02. The van der Waals surface area contributed by atoms with Gasteiger partial charge >= 0.3 is 0 Å². The molecule has 0 nitrogen and oxygen atoms in total. The van der Waals surface area contributed by atoms with Crippen LogP contribution in [0.2, 0.25) is 0 Å². The lowest BCUT2D eigenvalue weighted by Gasteiger charge is -2.08. The summed E-state index contributed by atoms with van der Waals surface area (Å²) < 4.78 is -1.07. The Labute approximate surface area is 77.1 Å². The van der Waals surface area contributed by atoms with E-state index >= 15 is 0 Å². The Kier molecular flexibility index (Phi) is 5.61. The van der Waals surface area contributed by atoms with Gasteiger partial charge in [-0.2, -0.15) is 0 Å². The van der Waals surface area contributed by atoms with E-state index in [1.54, 1.807) is 0 Å². The van der Waals surface area contributed by atoms with Crippen LogP contribution < -0.4 is 0 Å². The highest BCUT2D eigenvalue weighted by Crippen LogP contribution is 2.31. The summed E-state index contributed by atoms with van der Waals surface area (Å²) in [5.74, 6) is 0. The topological polar surface area (TPSA) is 0 Å². The van der Waals surface area contributed by atoms with Crippen LogP contribution in [-0.2, 0) is 0 Å². The molecule has 0 rings (SSSR count). The zero-order valence-corrected chi connectivity index (χ0v) is 8.01. The number of allylic oxidation sites excluding steroid dienone is 1. The minimum atomic E-state index is -1.07. The molecule has 60 valence electrons. The molecule has 0 aromatic rings. The Bertz CT molecular complexity index is 93.5. The van der Waals surface area contributed by atoms with Gasteiger partial charge in [0.15, 0.2) is 3.79 Å².